The van der Waals surface area contributed by atoms with Crippen LogP contribution in [0.25, 0.3) is 0 Å². The monoisotopic (exact) mass is 178 g/mol. The molecule has 1 atom stereocenters. The Morgan fingerprint density at radius 1 is 1.67 bits per heavy atom. The maximum Gasteiger partial charge on any atom is 2.00 e. The maximum atomic E-state index is 5.76. The van der Waals surface area contributed by atoms with Crippen LogP contribution in [0.5, 0.6) is 0 Å². The minimum absolute atomic E-state index is 0. The molecular weight excluding hydrogens is 164 g/mol. The normalized spacial score (nSPS) is 13.0. The number of hydrogen-bond donors (Lipinski definition) is 0. The van der Waals surface area contributed by atoms with E-state index in [9.17, 15) is 0 Å². The molecule has 0 saturated heterocycles. The number of hydrogen-bond acceptors (Lipinski definition) is 1. The molecule has 0 saturated carbocycles. The summed E-state index contributed by atoms with van der Waals surface area (Å²) in [5.41, 5.74) is 0. The molecule has 0 bridgehead atoms. The summed E-state index contributed by atoms with van der Waals surface area (Å²) in [6, 6.07) is 0. The Labute approximate surface area is 82.8 Å². The Hall–Kier alpha value is 1.23. The van der Waals surface area contributed by atoms with Gasteiger partial charge in [-0.3, -0.25) is 0 Å². The van der Waals surface area contributed by atoms with Crippen molar-refractivity contribution in [2.75, 3.05) is 6.61 Å². The van der Waals surface area contributed by atoms with Gasteiger partial charge in [-0.15, -0.1) is 0 Å². The molecule has 0 radical (unpaired) electrons. The van der Waals surface area contributed by atoms with Crippen LogP contribution in [0.4, 0.5) is 0 Å². The molecule has 0 aromatic heterocycles. The largest absolute Gasteiger partial charge is 2.00 e. The van der Waals surface area contributed by atoms with E-state index in [1.165, 1.54) is 0 Å². The van der Waals surface area contributed by atoms with Crippen molar-refractivity contribution in [2.24, 2.45) is 0 Å². The zero-order chi connectivity index (χ0) is 6.57. The summed E-state index contributed by atoms with van der Waals surface area (Å²) in [5, 5.41) is 0.0278. The molecule has 4 heteroatoms. The van der Waals surface area contributed by atoms with Gasteiger partial charge in [0.15, 0.2) is 0 Å². The van der Waals surface area contributed by atoms with Crippen molar-refractivity contribution in [2.45, 2.75) is 25.2 Å². The van der Waals surface area contributed by atoms with Gasteiger partial charge in [0.05, 0.1) is 8.80 Å². The summed E-state index contributed by atoms with van der Waals surface area (Å²) >= 11 is 5.76. The van der Waals surface area contributed by atoms with Crippen molar-refractivity contribution < 1.29 is 7.59 Å². The molecule has 0 amide bonds. The van der Waals surface area contributed by atoms with Crippen LogP contribution in [0, 0.1) is 0 Å². The molecule has 54 valence electrons. The van der Waals surface area contributed by atoms with Crippen LogP contribution in [-0.2, 0) is 4.74 Å². The standard InChI is InChI=1S/C5H13ClOSi.Mg.2H/c1-4-7-5(6)8(2)3;;;/h5,8H,4H2,1-3H3;;;/q;+2;2*-1. The SMILES string of the molecule is CCOC(Cl)[SiH](C)C.[H-].[H-].[Mg+2]. The molecule has 0 spiro atoms. The third-order valence-electron chi connectivity index (χ3n) is 0.850. The van der Waals surface area contributed by atoms with Gasteiger partial charge < -0.3 is 7.59 Å². The van der Waals surface area contributed by atoms with Crippen LogP contribution in [0.3, 0.4) is 0 Å². The van der Waals surface area contributed by atoms with Crippen molar-refractivity contribution in [1.29, 1.82) is 0 Å². The van der Waals surface area contributed by atoms with E-state index in [2.05, 4.69) is 13.1 Å². The second-order valence-corrected chi connectivity index (χ2v) is 6.00. The molecule has 0 aromatic carbocycles. The Kier molecular flexibility index (Phi) is 10.5. The van der Waals surface area contributed by atoms with Crippen LogP contribution in [-0.4, -0.2) is 43.6 Å². The van der Waals surface area contributed by atoms with Gasteiger partial charge in [-0.2, -0.15) is 0 Å². The molecule has 0 aliphatic carbocycles. The van der Waals surface area contributed by atoms with Crippen molar-refractivity contribution >= 4 is 43.5 Å². The second-order valence-electron chi connectivity index (χ2n) is 2.05. The first-order valence-corrected chi connectivity index (χ1v) is 6.35. The van der Waals surface area contributed by atoms with Crippen molar-refractivity contribution in [3.8, 4) is 0 Å². The second kappa shape index (κ2) is 7.34. The van der Waals surface area contributed by atoms with E-state index in [4.69, 9.17) is 16.3 Å². The fourth-order valence-electron chi connectivity index (χ4n) is 0.352. The van der Waals surface area contributed by atoms with Gasteiger partial charge in [0.25, 0.3) is 0 Å². The zero-order valence-electron chi connectivity index (χ0n) is 8.36. The van der Waals surface area contributed by atoms with Crippen LogP contribution in [0.2, 0.25) is 13.1 Å². The first-order chi connectivity index (χ1) is 3.68. The molecule has 0 aliphatic rings. The summed E-state index contributed by atoms with van der Waals surface area (Å²) in [5.74, 6) is 0. The number of alkyl halides is 1. The minimum Gasteiger partial charge on any atom is -1.00 e. The Balaban J connectivity index is -0.0000000817. The predicted octanol–water partition coefficient (Wildman–Crippen LogP) is 1.46. The Morgan fingerprint density at radius 3 is 2.22 bits per heavy atom. The minimum atomic E-state index is -0.739. The molecule has 0 aliphatic heterocycles. The molecule has 0 N–H and O–H groups in total. The van der Waals surface area contributed by atoms with Gasteiger partial charge >= 0.3 is 23.1 Å². The van der Waals surface area contributed by atoms with E-state index in [1.807, 2.05) is 6.92 Å². The van der Waals surface area contributed by atoms with E-state index in [0.717, 1.165) is 6.61 Å². The van der Waals surface area contributed by atoms with Gasteiger partial charge in [-0.05, 0) is 6.92 Å². The van der Waals surface area contributed by atoms with Crippen LogP contribution in [0.1, 0.15) is 9.78 Å². The zero-order valence-corrected chi connectivity index (χ0v) is 9.68. The fraction of sp³-hybridized carbons (Fsp3) is 1.00. The van der Waals surface area contributed by atoms with E-state index < -0.39 is 8.80 Å². The van der Waals surface area contributed by atoms with Crippen LogP contribution >= 0.6 is 11.6 Å². The molecule has 1 unspecified atom stereocenters. The fourth-order valence-corrected chi connectivity index (χ4v) is 1.06. The molecule has 9 heavy (non-hydrogen) atoms. The topological polar surface area (TPSA) is 9.23 Å². The van der Waals surface area contributed by atoms with E-state index in [0.29, 0.717) is 0 Å². The third-order valence-corrected chi connectivity index (χ3v) is 3.73. The van der Waals surface area contributed by atoms with Crippen molar-refractivity contribution in [3.05, 3.63) is 0 Å². The van der Waals surface area contributed by atoms with E-state index >= 15 is 0 Å². The van der Waals surface area contributed by atoms with Gasteiger partial charge in [0, 0.05) is 6.61 Å². The molecule has 0 aromatic rings. The smallest absolute Gasteiger partial charge is 1.00 e. The van der Waals surface area contributed by atoms with Crippen molar-refractivity contribution in [1.82, 2.24) is 0 Å². The van der Waals surface area contributed by atoms with Crippen molar-refractivity contribution in [3.63, 3.8) is 0 Å². The molecular formula is C5H15ClMgOSi. The van der Waals surface area contributed by atoms with Gasteiger partial charge in [0.2, 0.25) is 0 Å². The quantitative estimate of drug-likeness (QED) is 0.470. The summed E-state index contributed by atoms with van der Waals surface area (Å²) in [4.78, 5) is 0. The summed E-state index contributed by atoms with van der Waals surface area (Å²) in [6.45, 7) is 7.05. The maximum absolute atomic E-state index is 5.76. The first-order valence-electron chi connectivity index (χ1n) is 2.94. The Bertz CT molecular complexity index is 70.4. The van der Waals surface area contributed by atoms with E-state index in [-0.39, 0.29) is 31.1 Å². The van der Waals surface area contributed by atoms with Crippen LogP contribution in [0.15, 0.2) is 0 Å². The number of halogens is 1. The molecule has 0 heterocycles. The summed E-state index contributed by atoms with van der Waals surface area (Å²) in [7, 11) is -0.739. The van der Waals surface area contributed by atoms with Crippen LogP contribution < -0.4 is 0 Å². The average Bonchev–Trinajstić information content (AvgIpc) is 1.67. The molecule has 0 rings (SSSR count). The Morgan fingerprint density at radius 2 is 2.11 bits per heavy atom. The van der Waals surface area contributed by atoms with E-state index in [1.54, 1.807) is 0 Å². The summed E-state index contributed by atoms with van der Waals surface area (Å²) in [6.07, 6.45) is 0. The van der Waals surface area contributed by atoms with Gasteiger partial charge in [-0.1, -0.05) is 24.7 Å². The van der Waals surface area contributed by atoms with Gasteiger partial charge in [-0.25, -0.2) is 0 Å². The average molecular weight is 179 g/mol. The first kappa shape index (κ1) is 12.9. The predicted molar refractivity (Wildman–Crippen MR) is 48.1 cm³/mol. The summed E-state index contributed by atoms with van der Waals surface area (Å²) < 4.78 is 5.13. The molecule has 1 nitrogen and oxygen atoms in total. The van der Waals surface area contributed by atoms with Gasteiger partial charge in [0.1, 0.15) is 5.19 Å². The molecule has 0 fully saturated rings. The number of ether oxygens (including phenoxy) is 1. The third kappa shape index (κ3) is 7.13. The number of rotatable bonds is 3.